The van der Waals surface area contributed by atoms with Crippen molar-refractivity contribution in [2.45, 2.75) is 31.5 Å². The Labute approximate surface area is 87.2 Å². The molecule has 1 heterocycles. The Hall–Kier alpha value is -1.14. The highest BCUT2D eigenvalue weighted by molar-refractivity contribution is 5.81. The van der Waals surface area contributed by atoms with Crippen LogP contribution < -0.4 is 5.32 Å². The van der Waals surface area contributed by atoms with Crippen molar-refractivity contribution in [3.8, 4) is 0 Å². The molecule has 1 amide bonds. The molecule has 6 heteroatoms. The summed E-state index contributed by atoms with van der Waals surface area (Å²) in [4.78, 5) is 21.6. The number of carbonyl (C=O) groups excluding carboxylic acids is 1. The van der Waals surface area contributed by atoms with E-state index in [1.807, 2.05) is 0 Å². The summed E-state index contributed by atoms with van der Waals surface area (Å²) in [5.74, 6) is -1.70. The summed E-state index contributed by atoms with van der Waals surface area (Å²) in [6.07, 6.45) is 0.466. The van der Waals surface area contributed by atoms with Crippen molar-refractivity contribution in [2.24, 2.45) is 0 Å². The summed E-state index contributed by atoms with van der Waals surface area (Å²) in [5.41, 5.74) is 0. The smallest absolute Gasteiger partial charge is 0.334 e. The lowest BCUT2D eigenvalue weighted by molar-refractivity contribution is -0.147. The number of carboxylic acids is 1. The highest BCUT2D eigenvalue weighted by atomic mass is 16.5. The first kappa shape index (κ1) is 11.9. The maximum atomic E-state index is 11.4. The zero-order valence-corrected chi connectivity index (χ0v) is 8.31. The summed E-state index contributed by atoms with van der Waals surface area (Å²) in [7, 11) is 0. The van der Waals surface area contributed by atoms with E-state index in [1.54, 1.807) is 0 Å². The van der Waals surface area contributed by atoms with Gasteiger partial charge in [0.25, 0.3) is 0 Å². The van der Waals surface area contributed by atoms with Crippen LogP contribution in [0.5, 0.6) is 0 Å². The minimum absolute atomic E-state index is 0.284. The van der Waals surface area contributed by atoms with Crippen LogP contribution in [0.25, 0.3) is 0 Å². The number of carboxylic acid groups (broad SMARTS) is 1. The van der Waals surface area contributed by atoms with Gasteiger partial charge in [-0.05, 0) is 19.3 Å². The van der Waals surface area contributed by atoms with Gasteiger partial charge < -0.3 is 20.3 Å². The Morgan fingerprint density at radius 2 is 2.20 bits per heavy atom. The minimum atomic E-state index is -1.56. The predicted octanol–water partition coefficient (Wildman–Crippen LogP) is -0.883. The molecular weight excluding hydrogens is 202 g/mol. The van der Waals surface area contributed by atoms with Gasteiger partial charge in [0.1, 0.15) is 6.10 Å². The van der Waals surface area contributed by atoms with Gasteiger partial charge in [0.15, 0.2) is 6.10 Å². The fraction of sp³-hybridized carbons (Fsp3) is 0.778. The van der Waals surface area contributed by atoms with Crippen LogP contribution >= 0.6 is 0 Å². The van der Waals surface area contributed by atoms with Gasteiger partial charge in [0.05, 0.1) is 6.54 Å². The van der Waals surface area contributed by atoms with Gasteiger partial charge in [-0.3, -0.25) is 4.79 Å². The van der Waals surface area contributed by atoms with Crippen LogP contribution in [0.15, 0.2) is 0 Å². The van der Waals surface area contributed by atoms with Gasteiger partial charge in [-0.2, -0.15) is 0 Å². The van der Waals surface area contributed by atoms with Crippen LogP contribution in [-0.4, -0.2) is 47.4 Å². The number of amides is 1. The maximum Gasteiger partial charge on any atom is 0.334 e. The quantitative estimate of drug-likeness (QED) is 0.568. The van der Waals surface area contributed by atoms with E-state index >= 15 is 0 Å². The van der Waals surface area contributed by atoms with Crippen molar-refractivity contribution in [1.29, 1.82) is 0 Å². The third kappa shape index (κ3) is 3.85. The Balaban J connectivity index is 2.25. The van der Waals surface area contributed by atoms with Crippen LogP contribution in [0.2, 0.25) is 0 Å². The Morgan fingerprint density at radius 3 is 2.73 bits per heavy atom. The molecule has 15 heavy (non-hydrogen) atoms. The van der Waals surface area contributed by atoms with Crippen molar-refractivity contribution in [3.05, 3.63) is 0 Å². The molecule has 2 atom stereocenters. The van der Waals surface area contributed by atoms with Crippen LogP contribution in [0.3, 0.4) is 0 Å². The second-order valence-electron chi connectivity index (χ2n) is 3.45. The number of aliphatic carboxylic acids is 1. The molecule has 0 saturated carbocycles. The second-order valence-corrected chi connectivity index (χ2v) is 3.45. The van der Waals surface area contributed by atoms with Gasteiger partial charge in [-0.1, -0.05) is 0 Å². The van der Waals surface area contributed by atoms with Gasteiger partial charge in [0, 0.05) is 6.61 Å². The van der Waals surface area contributed by atoms with Crippen LogP contribution in [0, 0.1) is 0 Å². The molecule has 0 aromatic rings. The summed E-state index contributed by atoms with van der Waals surface area (Å²) < 4.78 is 5.19. The van der Waals surface area contributed by atoms with E-state index in [2.05, 4.69) is 5.32 Å². The number of aliphatic hydroxyl groups is 1. The highest BCUT2D eigenvalue weighted by Gasteiger charge is 2.23. The normalized spacial score (nSPS) is 23.1. The number of carbonyl (C=O) groups is 2. The lowest BCUT2D eigenvalue weighted by atomic mass is 10.1. The van der Waals surface area contributed by atoms with Crippen molar-refractivity contribution >= 4 is 11.9 Å². The summed E-state index contributed by atoms with van der Waals surface area (Å²) >= 11 is 0. The third-order valence-corrected chi connectivity index (χ3v) is 2.23. The third-order valence-electron chi connectivity index (χ3n) is 2.23. The lowest BCUT2D eigenvalue weighted by Crippen LogP contribution is -2.43. The van der Waals surface area contributed by atoms with Gasteiger partial charge in [-0.15, -0.1) is 0 Å². The summed E-state index contributed by atoms with van der Waals surface area (Å²) in [6, 6.07) is 0. The number of nitrogens with one attached hydrogen (secondary N) is 1. The van der Waals surface area contributed by atoms with E-state index in [4.69, 9.17) is 14.9 Å². The molecule has 0 spiro atoms. The molecule has 86 valence electrons. The van der Waals surface area contributed by atoms with Crippen LogP contribution in [-0.2, 0) is 14.3 Å². The zero-order chi connectivity index (χ0) is 11.3. The number of hydrogen-bond acceptors (Lipinski definition) is 4. The molecule has 0 aromatic heterocycles. The van der Waals surface area contributed by atoms with Gasteiger partial charge in [-0.25, -0.2) is 4.79 Å². The summed E-state index contributed by atoms with van der Waals surface area (Å²) in [6.45, 7) is 0.271. The maximum absolute atomic E-state index is 11.4. The first-order valence-electron chi connectivity index (χ1n) is 4.91. The molecule has 1 rings (SSSR count). The molecule has 1 fully saturated rings. The molecule has 0 aromatic carbocycles. The first-order chi connectivity index (χ1) is 7.11. The fourth-order valence-electron chi connectivity index (χ4n) is 1.35. The van der Waals surface area contributed by atoms with Crippen LogP contribution in [0.4, 0.5) is 0 Å². The number of hydrogen-bond donors (Lipinski definition) is 3. The molecule has 1 aliphatic rings. The number of rotatable bonds is 4. The predicted molar refractivity (Wildman–Crippen MR) is 50.2 cm³/mol. The Bertz CT molecular complexity index is 237. The summed E-state index contributed by atoms with van der Waals surface area (Å²) in [5, 5.41) is 19.6. The fourth-order valence-corrected chi connectivity index (χ4v) is 1.35. The topological polar surface area (TPSA) is 95.9 Å². The molecule has 1 aliphatic heterocycles. The molecule has 0 bridgehead atoms. The molecule has 3 N–H and O–H groups in total. The standard InChI is InChI=1S/C9H15NO5/c11-6(9(13)14)5-10-8(12)7-3-1-2-4-15-7/h6-7,11H,1-5H2,(H,10,12)(H,13,14). The van der Waals surface area contributed by atoms with Crippen molar-refractivity contribution in [1.82, 2.24) is 5.32 Å². The monoisotopic (exact) mass is 217 g/mol. The lowest BCUT2D eigenvalue weighted by Gasteiger charge is -2.21. The molecule has 2 unspecified atom stereocenters. The van der Waals surface area contributed by atoms with E-state index in [-0.39, 0.29) is 12.5 Å². The Morgan fingerprint density at radius 1 is 1.47 bits per heavy atom. The van der Waals surface area contributed by atoms with E-state index < -0.39 is 18.2 Å². The average Bonchev–Trinajstić information content (AvgIpc) is 2.26. The molecule has 0 aliphatic carbocycles. The van der Waals surface area contributed by atoms with Gasteiger partial charge in [0.2, 0.25) is 5.91 Å². The molecule has 1 saturated heterocycles. The molecular formula is C9H15NO5. The zero-order valence-electron chi connectivity index (χ0n) is 8.31. The highest BCUT2D eigenvalue weighted by Crippen LogP contribution is 2.12. The van der Waals surface area contributed by atoms with Crippen molar-refractivity contribution in [3.63, 3.8) is 0 Å². The molecule has 0 radical (unpaired) electrons. The largest absolute Gasteiger partial charge is 0.479 e. The van der Waals surface area contributed by atoms with E-state index in [9.17, 15) is 9.59 Å². The van der Waals surface area contributed by atoms with E-state index in [0.29, 0.717) is 13.0 Å². The van der Waals surface area contributed by atoms with Crippen LogP contribution in [0.1, 0.15) is 19.3 Å². The Kier molecular flexibility index (Phi) is 4.51. The van der Waals surface area contributed by atoms with Gasteiger partial charge >= 0.3 is 5.97 Å². The second kappa shape index (κ2) is 5.67. The molecule has 6 nitrogen and oxygen atoms in total. The first-order valence-corrected chi connectivity index (χ1v) is 4.91. The SMILES string of the molecule is O=C(O)C(O)CNC(=O)C1CCCCO1. The number of ether oxygens (including phenoxy) is 1. The average molecular weight is 217 g/mol. The number of aliphatic hydroxyl groups excluding tert-OH is 1. The van der Waals surface area contributed by atoms with Crippen molar-refractivity contribution < 1.29 is 24.5 Å². The van der Waals surface area contributed by atoms with E-state index in [0.717, 1.165) is 12.8 Å². The van der Waals surface area contributed by atoms with Crippen molar-refractivity contribution in [2.75, 3.05) is 13.2 Å². The van der Waals surface area contributed by atoms with E-state index in [1.165, 1.54) is 0 Å². The minimum Gasteiger partial charge on any atom is -0.479 e.